The molecule has 23 heavy (non-hydrogen) atoms. The first-order valence-corrected chi connectivity index (χ1v) is 6.90. The lowest BCUT2D eigenvalue weighted by Gasteiger charge is -2.33. The first-order chi connectivity index (χ1) is 10.7. The van der Waals surface area contributed by atoms with Gasteiger partial charge in [0.25, 0.3) is 0 Å². The maximum atomic E-state index is 11.6. The van der Waals surface area contributed by atoms with Crippen LogP contribution in [0.15, 0.2) is 41.5 Å². The van der Waals surface area contributed by atoms with Gasteiger partial charge in [0, 0.05) is 21.7 Å². The molecule has 118 valence electrons. The Labute approximate surface area is 132 Å². The van der Waals surface area contributed by atoms with E-state index >= 15 is 0 Å². The van der Waals surface area contributed by atoms with E-state index in [4.69, 9.17) is 5.53 Å². The number of carboxylic acid groups (broad SMARTS) is 1. The standard InChI is InChI=1S/C16H16N4O3/c1-16(2,3)20(15(22)23)13-7-6-10-8-12(14(21)18-19-17)5-4-11(10)9-13/h4-9H,1-3H3,(H,22,23). The molecule has 0 bridgehead atoms. The van der Waals surface area contributed by atoms with E-state index in [-0.39, 0.29) is 5.56 Å². The lowest BCUT2D eigenvalue weighted by Crippen LogP contribution is -2.45. The number of anilines is 1. The van der Waals surface area contributed by atoms with Gasteiger partial charge in [0.2, 0.25) is 5.91 Å². The van der Waals surface area contributed by atoms with Crippen molar-refractivity contribution in [2.24, 2.45) is 5.11 Å². The average Bonchev–Trinajstić information content (AvgIpc) is 2.45. The molecule has 0 aliphatic heterocycles. The molecular weight excluding hydrogens is 296 g/mol. The van der Waals surface area contributed by atoms with Crippen molar-refractivity contribution in [3.8, 4) is 0 Å². The molecule has 0 heterocycles. The van der Waals surface area contributed by atoms with Gasteiger partial charge in [0.15, 0.2) is 0 Å². The van der Waals surface area contributed by atoms with Crippen molar-refractivity contribution in [2.75, 3.05) is 4.90 Å². The molecule has 1 N–H and O–H groups in total. The summed E-state index contributed by atoms with van der Waals surface area (Å²) < 4.78 is 0. The molecular formula is C16H16N4O3. The number of hydrogen-bond acceptors (Lipinski definition) is 2. The zero-order valence-corrected chi connectivity index (χ0v) is 13.0. The maximum Gasteiger partial charge on any atom is 0.412 e. The van der Waals surface area contributed by atoms with Gasteiger partial charge in [0.05, 0.1) is 0 Å². The Bertz CT molecular complexity index is 833. The van der Waals surface area contributed by atoms with Gasteiger partial charge >= 0.3 is 6.09 Å². The molecule has 0 unspecified atom stereocenters. The Balaban J connectivity index is 2.52. The molecule has 7 nitrogen and oxygen atoms in total. The topological polar surface area (TPSA) is 106 Å². The minimum Gasteiger partial charge on any atom is -0.465 e. The molecule has 2 amide bonds. The summed E-state index contributed by atoms with van der Waals surface area (Å²) in [7, 11) is 0. The molecule has 2 aromatic rings. The molecule has 0 aliphatic carbocycles. The summed E-state index contributed by atoms with van der Waals surface area (Å²) in [6, 6.07) is 10.0. The summed E-state index contributed by atoms with van der Waals surface area (Å²) in [5.41, 5.74) is 8.56. The Kier molecular flexibility index (Phi) is 4.24. The van der Waals surface area contributed by atoms with Gasteiger partial charge in [-0.2, -0.15) is 0 Å². The zero-order valence-electron chi connectivity index (χ0n) is 13.0. The number of hydrogen-bond donors (Lipinski definition) is 1. The van der Waals surface area contributed by atoms with Crippen molar-refractivity contribution in [1.82, 2.24) is 0 Å². The quantitative estimate of drug-likeness (QED) is 0.498. The molecule has 0 saturated heterocycles. The van der Waals surface area contributed by atoms with Crippen molar-refractivity contribution >= 4 is 28.5 Å². The van der Waals surface area contributed by atoms with Crippen LogP contribution in [0.4, 0.5) is 10.5 Å². The summed E-state index contributed by atoms with van der Waals surface area (Å²) >= 11 is 0. The number of nitrogens with zero attached hydrogens (tertiary/aromatic N) is 4. The predicted octanol–water partition coefficient (Wildman–Crippen LogP) is 4.57. The molecule has 0 aromatic heterocycles. The monoisotopic (exact) mass is 312 g/mol. The smallest absolute Gasteiger partial charge is 0.412 e. The van der Waals surface area contributed by atoms with Gasteiger partial charge in [0.1, 0.15) is 0 Å². The number of azide groups is 1. The second kappa shape index (κ2) is 5.98. The normalized spacial score (nSPS) is 10.9. The number of amides is 2. The fraction of sp³-hybridized carbons (Fsp3) is 0.250. The van der Waals surface area contributed by atoms with E-state index in [1.807, 2.05) is 20.8 Å². The highest BCUT2D eigenvalue weighted by molar-refractivity contribution is 6.00. The van der Waals surface area contributed by atoms with Gasteiger partial charge in [-0.3, -0.25) is 9.69 Å². The maximum absolute atomic E-state index is 11.6. The van der Waals surface area contributed by atoms with Crippen LogP contribution in [0.2, 0.25) is 0 Å². The second-order valence-corrected chi connectivity index (χ2v) is 6.03. The Morgan fingerprint density at radius 3 is 2.30 bits per heavy atom. The second-order valence-electron chi connectivity index (χ2n) is 6.03. The fourth-order valence-electron chi connectivity index (χ4n) is 2.39. The van der Waals surface area contributed by atoms with Crippen LogP contribution >= 0.6 is 0 Å². The Morgan fingerprint density at radius 2 is 1.74 bits per heavy atom. The molecule has 0 saturated carbocycles. The Hall–Kier alpha value is -3.05. The van der Waals surface area contributed by atoms with Crippen molar-refractivity contribution < 1.29 is 14.7 Å². The van der Waals surface area contributed by atoms with E-state index in [0.29, 0.717) is 5.69 Å². The van der Waals surface area contributed by atoms with Crippen LogP contribution in [0.1, 0.15) is 31.1 Å². The average molecular weight is 312 g/mol. The number of rotatable bonds is 2. The van der Waals surface area contributed by atoms with E-state index in [0.717, 1.165) is 10.8 Å². The fourth-order valence-corrected chi connectivity index (χ4v) is 2.39. The van der Waals surface area contributed by atoms with Crippen LogP contribution in [0, 0.1) is 0 Å². The number of benzene rings is 2. The van der Waals surface area contributed by atoms with Crippen molar-refractivity contribution in [1.29, 1.82) is 0 Å². The molecule has 0 atom stereocenters. The van der Waals surface area contributed by atoms with E-state index in [9.17, 15) is 14.7 Å². The van der Waals surface area contributed by atoms with Crippen LogP contribution in [0.3, 0.4) is 0 Å². The van der Waals surface area contributed by atoms with Gasteiger partial charge in [-0.15, -0.1) is 0 Å². The van der Waals surface area contributed by atoms with E-state index in [1.54, 1.807) is 36.4 Å². The Morgan fingerprint density at radius 1 is 1.13 bits per heavy atom. The van der Waals surface area contributed by atoms with Crippen molar-refractivity contribution in [3.63, 3.8) is 0 Å². The highest BCUT2D eigenvalue weighted by Gasteiger charge is 2.27. The molecule has 2 aromatic carbocycles. The van der Waals surface area contributed by atoms with Gasteiger partial charge in [-0.05, 0) is 60.4 Å². The summed E-state index contributed by atoms with van der Waals surface area (Å²) in [6.45, 7) is 5.44. The molecule has 7 heteroatoms. The molecule has 0 fully saturated rings. The molecule has 0 spiro atoms. The van der Waals surface area contributed by atoms with Crippen molar-refractivity contribution in [3.05, 3.63) is 52.4 Å². The lowest BCUT2D eigenvalue weighted by atomic mass is 10.0. The third kappa shape index (κ3) is 3.41. The molecule has 2 rings (SSSR count). The van der Waals surface area contributed by atoms with Crippen LogP contribution in [-0.4, -0.2) is 22.6 Å². The summed E-state index contributed by atoms with van der Waals surface area (Å²) in [6.07, 6.45) is -1.04. The van der Waals surface area contributed by atoms with Crippen LogP contribution < -0.4 is 4.90 Å². The number of carbonyl (C=O) groups is 2. The zero-order chi connectivity index (χ0) is 17.2. The highest BCUT2D eigenvalue weighted by Crippen LogP contribution is 2.28. The van der Waals surface area contributed by atoms with Crippen molar-refractivity contribution in [2.45, 2.75) is 26.3 Å². The SMILES string of the molecule is CC(C)(C)N(C(=O)O)c1ccc2cc(C(=O)N=[N+]=[N-])ccc2c1. The van der Waals surface area contributed by atoms with E-state index in [1.165, 1.54) is 4.90 Å². The highest BCUT2D eigenvalue weighted by atomic mass is 16.4. The minimum absolute atomic E-state index is 0.286. The molecule has 0 radical (unpaired) electrons. The minimum atomic E-state index is -1.04. The summed E-state index contributed by atoms with van der Waals surface area (Å²) in [5.74, 6) is -0.652. The van der Waals surface area contributed by atoms with Gasteiger partial charge < -0.3 is 5.11 Å². The van der Waals surface area contributed by atoms with E-state index in [2.05, 4.69) is 10.0 Å². The van der Waals surface area contributed by atoms with Gasteiger partial charge in [-0.25, -0.2) is 4.79 Å². The third-order valence-electron chi connectivity index (χ3n) is 3.33. The van der Waals surface area contributed by atoms with Gasteiger partial charge in [-0.1, -0.05) is 18.2 Å². The van der Waals surface area contributed by atoms with Crippen LogP contribution in [-0.2, 0) is 0 Å². The summed E-state index contributed by atoms with van der Waals surface area (Å²) in [4.78, 5) is 26.9. The largest absolute Gasteiger partial charge is 0.465 e. The lowest BCUT2D eigenvalue weighted by molar-refractivity contribution is 0.100. The first kappa shape index (κ1) is 16.3. The van der Waals surface area contributed by atoms with Crippen LogP contribution in [0.5, 0.6) is 0 Å². The van der Waals surface area contributed by atoms with E-state index < -0.39 is 17.5 Å². The molecule has 0 aliphatic rings. The summed E-state index contributed by atoms with van der Waals surface area (Å²) in [5, 5.41) is 14.0. The third-order valence-corrected chi connectivity index (χ3v) is 3.33. The number of fused-ring (bicyclic) bond motifs is 1. The first-order valence-electron chi connectivity index (χ1n) is 6.90. The predicted molar refractivity (Wildman–Crippen MR) is 87.7 cm³/mol. The van der Waals surface area contributed by atoms with Crippen LogP contribution in [0.25, 0.3) is 21.2 Å². The number of carbonyl (C=O) groups excluding carboxylic acids is 1.